The van der Waals surface area contributed by atoms with Crippen molar-refractivity contribution in [3.8, 4) is 18.1 Å². The van der Waals surface area contributed by atoms with Crippen molar-refractivity contribution in [1.82, 2.24) is 9.99 Å². The van der Waals surface area contributed by atoms with Gasteiger partial charge >= 0.3 is 12.6 Å². The van der Waals surface area contributed by atoms with Crippen molar-refractivity contribution in [2.24, 2.45) is 5.92 Å². The first-order valence-electron chi connectivity index (χ1n) is 12.3. The first-order valence-corrected chi connectivity index (χ1v) is 15.0. The van der Waals surface area contributed by atoms with Gasteiger partial charge in [-0.2, -0.15) is 0 Å². The summed E-state index contributed by atoms with van der Waals surface area (Å²) < 4.78 is 23.2. The minimum atomic E-state index is -3.53. The van der Waals surface area contributed by atoms with Crippen molar-refractivity contribution < 1.29 is 43.1 Å². The summed E-state index contributed by atoms with van der Waals surface area (Å²) in [6.07, 6.45) is 2.59. The average molecular weight is 581 g/mol. The fraction of sp³-hybridized carbons (Fsp3) is 0.500. The molecule has 6 atom stereocenters. The van der Waals surface area contributed by atoms with Gasteiger partial charge in [-0.15, -0.1) is 6.42 Å². The van der Waals surface area contributed by atoms with Crippen molar-refractivity contribution in [2.75, 3.05) is 6.61 Å². The highest BCUT2D eigenvalue weighted by atomic mass is 32.5. The van der Waals surface area contributed by atoms with Gasteiger partial charge in [0.05, 0.1) is 19.1 Å². The standard InChI is InChI=1S/C26H33N2O9PS/c1-6-26(33)23(31)20(36-25(26)28-13-12-18(29)14-21(28)30)15-34-38(39,37-19-10-8-7-9-11-19)27-22(16(2)3)24(32)35-17(4)5/h1,7-13,16-17,20,22-23,25,31,33H,14-15H2,2-5H3,(H,27,39)/t20-,22+,23-,25-,26-,38?/m1/s1. The third-order valence-electron chi connectivity index (χ3n) is 5.95. The van der Waals surface area contributed by atoms with Gasteiger partial charge in [0.25, 0.3) is 0 Å². The number of nitrogens with zero attached hydrogens (tertiary/aromatic N) is 1. The molecule has 1 fully saturated rings. The maximum absolute atomic E-state index is 12.8. The van der Waals surface area contributed by atoms with E-state index in [2.05, 4.69) is 11.0 Å². The van der Waals surface area contributed by atoms with Crippen LogP contribution in [0.1, 0.15) is 34.1 Å². The Bertz CT molecular complexity index is 1190. The Kier molecular flexibility index (Phi) is 10.1. The number of allylic oxidation sites excluding steroid dienone is 1. The van der Waals surface area contributed by atoms with E-state index < -0.39 is 67.4 Å². The second kappa shape index (κ2) is 12.7. The summed E-state index contributed by atoms with van der Waals surface area (Å²) >= 11 is 5.75. The molecule has 0 radical (unpaired) electrons. The number of nitrogens with one attached hydrogen (secondary N) is 1. The number of esters is 1. The Labute approximate surface area is 232 Å². The molecule has 0 aromatic heterocycles. The predicted molar refractivity (Wildman–Crippen MR) is 144 cm³/mol. The predicted octanol–water partition coefficient (Wildman–Crippen LogP) is 1.64. The SMILES string of the molecule is C#C[C@@]1(O)[C@H](O)[C@@H](COP(=S)(N[C@H](C(=O)OC(C)C)C(C)C)Oc2ccccc2)O[C@H]1N1C=CC(=O)CC1=O. The Balaban J connectivity index is 1.85. The number of hydrogen-bond acceptors (Lipinski definition) is 10. The number of para-hydroxylation sites is 1. The molecule has 1 aromatic rings. The van der Waals surface area contributed by atoms with E-state index in [0.29, 0.717) is 5.75 Å². The van der Waals surface area contributed by atoms with Crippen LogP contribution in [-0.4, -0.2) is 75.6 Å². The minimum absolute atomic E-state index is 0.259. The van der Waals surface area contributed by atoms with Crippen LogP contribution in [0.2, 0.25) is 0 Å². The molecular formula is C26H33N2O9PS. The summed E-state index contributed by atoms with van der Waals surface area (Å²) in [4.78, 5) is 37.8. The van der Waals surface area contributed by atoms with Crippen molar-refractivity contribution in [3.05, 3.63) is 42.6 Å². The molecule has 3 rings (SSSR count). The van der Waals surface area contributed by atoms with Crippen LogP contribution >= 0.6 is 6.64 Å². The van der Waals surface area contributed by atoms with Crippen LogP contribution in [0.15, 0.2) is 42.6 Å². The minimum Gasteiger partial charge on any atom is -0.462 e. The summed E-state index contributed by atoms with van der Waals surface area (Å²) in [5, 5.41) is 25.0. The first kappa shape index (κ1) is 30.9. The summed E-state index contributed by atoms with van der Waals surface area (Å²) in [6, 6.07) is 7.68. The first-order chi connectivity index (χ1) is 18.3. The van der Waals surface area contributed by atoms with E-state index in [4.69, 9.17) is 36.8 Å². The number of carbonyl (C=O) groups excluding carboxylic acids is 3. The lowest BCUT2D eigenvalue weighted by atomic mass is 9.94. The zero-order chi connectivity index (χ0) is 29.0. The van der Waals surface area contributed by atoms with Crippen LogP contribution in [0.3, 0.4) is 0 Å². The van der Waals surface area contributed by atoms with Crippen molar-refractivity contribution in [3.63, 3.8) is 0 Å². The number of benzene rings is 1. The van der Waals surface area contributed by atoms with Crippen LogP contribution in [0.5, 0.6) is 5.75 Å². The summed E-state index contributed by atoms with van der Waals surface area (Å²) in [5.41, 5.74) is -2.31. The van der Waals surface area contributed by atoms with Gasteiger partial charge in [0.2, 0.25) is 5.91 Å². The van der Waals surface area contributed by atoms with Gasteiger partial charge < -0.3 is 28.7 Å². The van der Waals surface area contributed by atoms with Gasteiger partial charge in [-0.25, -0.2) is 5.09 Å². The largest absolute Gasteiger partial charge is 0.462 e. The molecule has 1 saturated heterocycles. The fourth-order valence-corrected chi connectivity index (χ4v) is 6.37. The topological polar surface area (TPSA) is 144 Å². The number of amides is 1. The van der Waals surface area contributed by atoms with Crippen LogP contribution in [0.25, 0.3) is 0 Å². The van der Waals surface area contributed by atoms with Gasteiger partial charge in [-0.3, -0.25) is 19.3 Å². The molecule has 1 aromatic carbocycles. The molecule has 39 heavy (non-hydrogen) atoms. The van der Waals surface area contributed by atoms with Crippen LogP contribution in [0.4, 0.5) is 0 Å². The number of ketones is 1. The molecular weight excluding hydrogens is 547 g/mol. The zero-order valence-electron chi connectivity index (χ0n) is 22.1. The lowest BCUT2D eigenvalue weighted by molar-refractivity contribution is -0.153. The van der Waals surface area contributed by atoms with E-state index in [1.54, 1.807) is 58.0 Å². The smallest absolute Gasteiger partial charge is 0.324 e. The molecule has 13 heteroatoms. The molecule has 2 aliphatic rings. The second-order valence-electron chi connectivity index (χ2n) is 9.74. The Hall–Kier alpha value is -2.62. The van der Waals surface area contributed by atoms with Gasteiger partial charge in [-0.05, 0) is 49.8 Å². The van der Waals surface area contributed by atoms with Gasteiger partial charge in [-0.1, -0.05) is 38.0 Å². The van der Waals surface area contributed by atoms with E-state index in [1.165, 1.54) is 0 Å². The third-order valence-corrected chi connectivity index (χ3v) is 8.34. The lowest BCUT2D eigenvalue weighted by Gasteiger charge is -2.33. The van der Waals surface area contributed by atoms with E-state index in [1.807, 2.05) is 0 Å². The van der Waals surface area contributed by atoms with E-state index in [-0.39, 0.29) is 12.0 Å². The number of aliphatic hydroxyl groups is 2. The Morgan fingerprint density at radius 1 is 1.31 bits per heavy atom. The van der Waals surface area contributed by atoms with E-state index in [9.17, 15) is 24.6 Å². The highest BCUT2D eigenvalue weighted by Gasteiger charge is 2.58. The van der Waals surface area contributed by atoms with Gasteiger partial charge in [0.15, 0.2) is 17.6 Å². The molecule has 2 heterocycles. The maximum Gasteiger partial charge on any atom is 0.324 e. The third kappa shape index (κ3) is 7.32. The lowest BCUT2D eigenvalue weighted by Crippen LogP contribution is -2.55. The van der Waals surface area contributed by atoms with Crippen molar-refractivity contribution >= 4 is 36.1 Å². The van der Waals surface area contributed by atoms with Gasteiger partial charge in [0.1, 0.15) is 24.0 Å². The fourth-order valence-electron chi connectivity index (χ4n) is 3.92. The van der Waals surface area contributed by atoms with Crippen LogP contribution in [-0.2, 0) is 40.2 Å². The highest BCUT2D eigenvalue weighted by molar-refractivity contribution is 8.09. The summed E-state index contributed by atoms with van der Waals surface area (Å²) in [7, 11) is 0. The van der Waals surface area contributed by atoms with Crippen LogP contribution < -0.4 is 9.61 Å². The highest BCUT2D eigenvalue weighted by Crippen LogP contribution is 2.47. The quantitative estimate of drug-likeness (QED) is 0.152. The molecule has 0 aliphatic carbocycles. The zero-order valence-corrected chi connectivity index (χ0v) is 23.8. The van der Waals surface area contributed by atoms with Crippen molar-refractivity contribution in [1.29, 1.82) is 0 Å². The number of terminal acetylenes is 1. The molecule has 212 valence electrons. The number of rotatable bonds is 11. The normalized spacial score (nSPS) is 27.4. The summed E-state index contributed by atoms with van der Waals surface area (Å²) in [5.74, 6) is 0.598. The molecule has 11 nitrogen and oxygen atoms in total. The molecule has 2 aliphatic heterocycles. The van der Waals surface area contributed by atoms with E-state index in [0.717, 1.165) is 17.2 Å². The Morgan fingerprint density at radius 3 is 2.54 bits per heavy atom. The Morgan fingerprint density at radius 2 is 1.97 bits per heavy atom. The summed E-state index contributed by atoms with van der Waals surface area (Å²) in [6.45, 7) is 3.10. The molecule has 3 N–H and O–H groups in total. The molecule has 0 saturated carbocycles. The second-order valence-corrected chi connectivity index (χ2v) is 12.9. The van der Waals surface area contributed by atoms with Crippen molar-refractivity contribution in [2.45, 2.75) is 70.3 Å². The number of aliphatic hydroxyl groups excluding tert-OH is 1. The van der Waals surface area contributed by atoms with Crippen LogP contribution in [0, 0.1) is 18.3 Å². The molecule has 1 amide bonds. The number of hydrogen-bond donors (Lipinski definition) is 3. The maximum atomic E-state index is 12.8. The monoisotopic (exact) mass is 580 g/mol. The average Bonchev–Trinajstić information content (AvgIpc) is 3.12. The molecule has 0 spiro atoms. The van der Waals surface area contributed by atoms with E-state index >= 15 is 0 Å². The number of ether oxygens (including phenoxy) is 2. The molecule has 0 bridgehead atoms. The van der Waals surface area contributed by atoms with Gasteiger partial charge in [0, 0.05) is 6.20 Å². The molecule has 1 unspecified atom stereocenters. The number of carbonyl (C=O) groups is 3.